The van der Waals surface area contributed by atoms with E-state index in [2.05, 4.69) is 28.9 Å². The maximum atomic E-state index is 13.8. The van der Waals surface area contributed by atoms with Gasteiger partial charge in [-0.05, 0) is 53.1 Å². The Morgan fingerprint density at radius 3 is 2.33 bits per heavy atom. The van der Waals surface area contributed by atoms with Crippen molar-refractivity contribution in [2.75, 3.05) is 11.9 Å². The fourth-order valence-electron chi connectivity index (χ4n) is 4.13. The molecular formula is C29H33F2N3O4S. The van der Waals surface area contributed by atoms with Gasteiger partial charge in [0, 0.05) is 38.9 Å². The Bertz CT molecular complexity index is 1280. The number of hydrogen-bond acceptors (Lipinski definition) is 6. The number of amides is 2. The van der Waals surface area contributed by atoms with E-state index in [1.165, 1.54) is 23.8 Å². The Labute approximate surface area is 230 Å². The molecule has 0 unspecified atom stereocenters. The van der Waals surface area contributed by atoms with Crippen molar-refractivity contribution >= 4 is 34.6 Å². The molecule has 0 aliphatic rings. The molecule has 0 fully saturated rings. The predicted octanol–water partition coefficient (Wildman–Crippen LogP) is 4.39. The van der Waals surface area contributed by atoms with Crippen LogP contribution in [0.3, 0.4) is 0 Å². The Hall–Kier alpha value is -3.47. The normalized spacial score (nSPS) is 12.5. The van der Waals surface area contributed by atoms with Crippen LogP contribution in [0, 0.1) is 11.6 Å². The molecular weight excluding hydrogens is 524 g/mol. The largest absolute Gasteiger partial charge is 0.390 e. The quantitative estimate of drug-likeness (QED) is 0.220. The third-order valence-electron chi connectivity index (χ3n) is 6.11. The number of halogens is 2. The fourth-order valence-corrected chi connectivity index (χ4v) is 4.88. The third kappa shape index (κ3) is 9.65. The second kappa shape index (κ2) is 14.6. The van der Waals surface area contributed by atoms with E-state index in [0.29, 0.717) is 17.1 Å². The summed E-state index contributed by atoms with van der Waals surface area (Å²) < 4.78 is 27.5. The molecule has 0 bridgehead atoms. The van der Waals surface area contributed by atoms with Crippen LogP contribution in [-0.2, 0) is 29.0 Å². The Balaban J connectivity index is 1.60. The molecule has 10 heteroatoms. The van der Waals surface area contributed by atoms with Gasteiger partial charge in [0.2, 0.25) is 11.8 Å². The van der Waals surface area contributed by atoms with Crippen LogP contribution in [0.25, 0.3) is 0 Å². The number of nitrogens with one attached hydrogen (secondary N) is 3. The van der Waals surface area contributed by atoms with Crippen LogP contribution in [0.1, 0.15) is 53.1 Å². The molecule has 0 aliphatic heterocycles. The molecule has 0 saturated carbocycles. The van der Waals surface area contributed by atoms with Gasteiger partial charge in [-0.15, -0.1) is 11.3 Å². The number of thiophene rings is 1. The van der Waals surface area contributed by atoms with Gasteiger partial charge in [0.25, 0.3) is 0 Å². The van der Waals surface area contributed by atoms with E-state index in [1.807, 2.05) is 18.2 Å². The minimum atomic E-state index is -1.08. The zero-order valence-electron chi connectivity index (χ0n) is 21.9. The smallest absolute Gasteiger partial charge is 0.224 e. The SMILES string of the molecule is CCc1cccc(CNC[C@H](O)[C@@H](Cc2cc(F)cc(F)c2)NC(=O)CCC(=O)Nc2ccsc2C(C)=O)c1. The summed E-state index contributed by atoms with van der Waals surface area (Å²) in [4.78, 5) is 37.1. The van der Waals surface area contributed by atoms with E-state index in [4.69, 9.17) is 0 Å². The summed E-state index contributed by atoms with van der Waals surface area (Å²) in [5.41, 5.74) is 2.90. The average Bonchev–Trinajstić information content (AvgIpc) is 3.35. The highest BCUT2D eigenvalue weighted by Crippen LogP contribution is 2.23. The Morgan fingerprint density at radius 1 is 0.949 bits per heavy atom. The van der Waals surface area contributed by atoms with E-state index >= 15 is 0 Å². The number of hydrogen-bond donors (Lipinski definition) is 4. The molecule has 7 nitrogen and oxygen atoms in total. The predicted molar refractivity (Wildman–Crippen MR) is 148 cm³/mol. The highest BCUT2D eigenvalue weighted by molar-refractivity contribution is 7.12. The van der Waals surface area contributed by atoms with Crippen LogP contribution in [0.15, 0.2) is 53.9 Å². The minimum absolute atomic E-state index is 0.0162. The number of carbonyl (C=O) groups excluding carboxylic acids is 3. The molecule has 1 aromatic heterocycles. The molecule has 2 aromatic carbocycles. The van der Waals surface area contributed by atoms with Crippen molar-refractivity contribution in [3.05, 3.63) is 87.1 Å². The molecule has 2 amide bonds. The molecule has 1 heterocycles. The zero-order valence-corrected chi connectivity index (χ0v) is 22.7. The van der Waals surface area contributed by atoms with E-state index < -0.39 is 35.6 Å². The average molecular weight is 558 g/mol. The van der Waals surface area contributed by atoms with Crippen LogP contribution in [-0.4, -0.2) is 41.4 Å². The summed E-state index contributed by atoms with van der Waals surface area (Å²) in [6.45, 7) is 4.08. The van der Waals surface area contributed by atoms with Crippen LogP contribution in [0.5, 0.6) is 0 Å². The van der Waals surface area contributed by atoms with Crippen molar-refractivity contribution in [1.29, 1.82) is 0 Å². The van der Waals surface area contributed by atoms with Gasteiger partial charge in [-0.25, -0.2) is 8.78 Å². The van der Waals surface area contributed by atoms with E-state index in [1.54, 1.807) is 11.4 Å². The number of benzene rings is 2. The third-order valence-corrected chi connectivity index (χ3v) is 7.12. The lowest BCUT2D eigenvalue weighted by Gasteiger charge is -2.25. The number of aliphatic hydroxyl groups excluding tert-OH is 1. The molecule has 0 saturated heterocycles. The highest BCUT2D eigenvalue weighted by atomic mass is 32.1. The molecule has 3 rings (SSSR count). The zero-order chi connectivity index (χ0) is 28.4. The van der Waals surface area contributed by atoms with Gasteiger partial charge in [-0.3, -0.25) is 14.4 Å². The number of rotatable bonds is 14. The first-order chi connectivity index (χ1) is 18.6. The van der Waals surface area contributed by atoms with Gasteiger partial charge < -0.3 is 21.1 Å². The molecule has 4 N–H and O–H groups in total. The Morgan fingerprint density at radius 2 is 1.64 bits per heavy atom. The standard InChI is InChI=1S/C29H33F2N3O4S/c1-3-19-5-4-6-20(11-19)16-32-17-26(36)25(14-21-12-22(30)15-23(31)13-21)34-28(38)8-7-27(37)33-24-9-10-39-29(24)18(2)35/h4-6,9-13,15,25-26,32,36H,3,7-8,14,16-17H2,1-2H3,(H,33,37)(H,34,38)/t25-,26+/m1/s1. The van der Waals surface area contributed by atoms with Gasteiger partial charge in [0.05, 0.1) is 22.7 Å². The second-order valence-electron chi connectivity index (χ2n) is 9.30. The van der Waals surface area contributed by atoms with Crippen molar-refractivity contribution in [3.8, 4) is 0 Å². The summed E-state index contributed by atoms with van der Waals surface area (Å²) in [6.07, 6.45) is -0.520. The first-order valence-electron chi connectivity index (χ1n) is 12.7. The number of carbonyl (C=O) groups is 3. The fraction of sp³-hybridized carbons (Fsp3) is 0.345. The second-order valence-corrected chi connectivity index (χ2v) is 10.2. The summed E-state index contributed by atoms with van der Waals surface area (Å²) >= 11 is 1.21. The van der Waals surface area contributed by atoms with Crippen molar-refractivity contribution in [2.45, 2.75) is 58.2 Å². The van der Waals surface area contributed by atoms with Crippen molar-refractivity contribution in [3.63, 3.8) is 0 Å². The highest BCUT2D eigenvalue weighted by Gasteiger charge is 2.23. The van der Waals surface area contributed by atoms with Gasteiger partial charge >= 0.3 is 0 Å². The number of aliphatic hydroxyl groups is 1. The first kappa shape index (κ1) is 30.1. The van der Waals surface area contributed by atoms with E-state index in [-0.39, 0.29) is 37.2 Å². The maximum absolute atomic E-state index is 13.8. The summed E-state index contributed by atoms with van der Waals surface area (Å²) in [5.74, 6) is -2.62. The molecule has 208 valence electrons. The Kier molecular flexibility index (Phi) is 11.3. The molecule has 0 spiro atoms. The molecule has 0 aliphatic carbocycles. The lowest BCUT2D eigenvalue weighted by atomic mass is 10.00. The first-order valence-corrected chi connectivity index (χ1v) is 13.6. The monoisotopic (exact) mass is 557 g/mol. The number of anilines is 1. The molecule has 3 aromatic rings. The summed E-state index contributed by atoms with van der Waals surface area (Å²) in [6, 6.07) is 11.8. The number of ketones is 1. The van der Waals surface area contributed by atoms with Gasteiger partial charge in [-0.2, -0.15) is 0 Å². The molecule has 2 atom stereocenters. The summed E-state index contributed by atoms with van der Waals surface area (Å²) in [7, 11) is 0. The van der Waals surface area contributed by atoms with E-state index in [0.717, 1.165) is 30.2 Å². The number of aryl methyl sites for hydroxylation is 1. The molecule has 39 heavy (non-hydrogen) atoms. The minimum Gasteiger partial charge on any atom is -0.390 e. The molecule has 0 radical (unpaired) electrons. The van der Waals surface area contributed by atoms with Crippen LogP contribution < -0.4 is 16.0 Å². The number of Topliss-reactive ketones (excluding diaryl/α,β-unsaturated/α-hetero) is 1. The summed E-state index contributed by atoms with van der Waals surface area (Å²) in [5, 5.41) is 21.1. The van der Waals surface area contributed by atoms with Gasteiger partial charge in [0.1, 0.15) is 11.6 Å². The lowest BCUT2D eigenvalue weighted by molar-refractivity contribution is -0.125. The van der Waals surface area contributed by atoms with Crippen LogP contribution >= 0.6 is 11.3 Å². The van der Waals surface area contributed by atoms with Crippen LogP contribution in [0.4, 0.5) is 14.5 Å². The van der Waals surface area contributed by atoms with E-state index in [9.17, 15) is 28.3 Å². The maximum Gasteiger partial charge on any atom is 0.224 e. The lowest BCUT2D eigenvalue weighted by Crippen LogP contribution is -2.48. The van der Waals surface area contributed by atoms with Crippen LogP contribution in [0.2, 0.25) is 0 Å². The van der Waals surface area contributed by atoms with Crippen molar-refractivity contribution in [2.24, 2.45) is 0 Å². The van der Waals surface area contributed by atoms with Crippen molar-refractivity contribution < 1.29 is 28.3 Å². The van der Waals surface area contributed by atoms with Crippen molar-refractivity contribution in [1.82, 2.24) is 10.6 Å². The van der Waals surface area contributed by atoms with Gasteiger partial charge in [0.15, 0.2) is 5.78 Å². The topological polar surface area (TPSA) is 108 Å². The van der Waals surface area contributed by atoms with Gasteiger partial charge in [-0.1, -0.05) is 31.2 Å².